The van der Waals surface area contributed by atoms with Gasteiger partial charge in [-0.15, -0.1) is 0 Å². The maximum absolute atomic E-state index is 12.5. The Morgan fingerprint density at radius 2 is 2.35 bits per heavy atom. The summed E-state index contributed by atoms with van der Waals surface area (Å²) in [6.07, 6.45) is 3.54. The van der Waals surface area contributed by atoms with E-state index in [1.807, 2.05) is 30.9 Å². The zero-order valence-corrected chi connectivity index (χ0v) is 11.7. The lowest BCUT2D eigenvalue weighted by Crippen LogP contribution is -2.30. The molecule has 0 aromatic carbocycles. The van der Waals surface area contributed by atoms with E-state index in [2.05, 4.69) is 5.16 Å². The SMILES string of the molecule is CC(C)c1cc(C(=O)N2CCC[C@H]2c2ccco2)on1. The average molecular weight is 274 g/mol. The van der Waals surface area contributed by atoms with E-state index in [1.54, 1.807) is 12.3 Å². The van der Waals surface area contributed by atoms with Gasteiger partial charge in [0.2, 0.25) is 5.76 Å². The van der Waals surface area contributed by atoms with Crippen molar-refractivity contribution in [2.45, 2.75) is 38.6 Å². The number of aromatic nitrogens is 1. The number of hydrogen-bond acceptors (Lipinski definition) is 4. The van der Waals surface area contributed by atoms with Crippen LogP contribution in [-0.4, -0.2) is 22.5 Å². The van der Waals surface area contributed by atoms with Gasteiger partial charge >= 0.3 is 0 Å². The number of carbonyl (C=O) groups excluding carboxylic acids is 1. The summed E-state index contributed by atoms with van der Waals surface area (Å²) in [5, 5.41) is 3.95. The Balaban J connectivity index is 1.82. The van der Waals surface area contributed by atoms with E-state index >= 15 is 0 Å². The minimum Gasteiger partial charge on any atom is -0.467 e. The molecule has 5 nitrogen and oxygen atoms in total. The molecule has 1 aliphatic rings. The third-order valence-corrected chi connectivity index (χ3v) is 3.72. The van der Waals surface area contributed by atoms with Crippen molar-refractivity contribution in [1.29, 1.82) is 0 Å². The second kappa shape index (κ2) is 5.15. The minimum absolute atomic E-state index is 0.00472. The molecule has 1 saturated heterocycles. The van der Waals surface area contributed by atoms with Gasteiger partial charge in [0, 0.05) is 12.6 Å². The van der Waals surface area contributed by atoms with Crippen LogP contribution in [0.1, 0.15) is 60.7 Å². The van der Waals surface area contributed by atoms with Gasteiger partial charge < -0.3 is 13.8 Å². The zero-order chi connectivity index (χ0) is 14.1. The molecule has 0 saturated carbocycles. The first kappa shape index (κ1) is 13.0. The maximum atomic E-state index is 12.5. The molecule has 0 spiro atoms. The number of likely N-dealkylation sites (tertiary alicyclic amines) is 1. The van der Waals surface area contributed by atoms with Gasteiger partial charge in [-0.2, -0.15) is 0 Å². The third-order valence-electron chi connectivity index (χ3n) is 3.72. The normalized spacial score (nSPS) is 18.9. The summed E-state index contributed by atoms with van der Waals surface area (Å²) in [7, 11) is 0. The monoisotopic (exact) mass is 274 g/mol. The Morgan fingerprint density at radius 1 is 1.50 bits per heavy atom. The fraction of sp³-hybridized carbons (Fsp3) is 0.467. The van der Waals surface area contributed by atoms with Gasteiger partial charge in [0.05, 0.1) is 18.0 Å². The van der Waals surface area contributed by atoms with Crippen molar-refractivity contribution >= 4 is 5.91 Å². The maximum Gasteiger partial charge on any atom is 0.293 e. The summed E-state index contributed by atoms with van der Waals surface area (Å²) in [6.45, 7) is 4.77. The molecule has 3 rings (SSSR count). The summed E-state index contributed by atoms with van der Waals surface area (Å²) in [5.41, 5.74) is 0.807. The van der Waals surface area contributed by atoms with Gasteiger partial charge in [-0.3, -0.25) is 4.79 Å². The third kappa shape index (κ3) is 2.24. The number of amides is 1. The lowest BCUT2D eigenvalue weighted by atomic mass is 10.1. The molecule has 2 aromatic rings. The van der Waals surface area contributed by atoms with Crippen molar-refractivity contribution < 1.29 is 13.7 Å². The van der Waals surface area contributed by atoms with E-state index in [1.165, 1.54) is 0 Å². The first-order valence-corrected chi connectivity index (χ1v) is 6.98. The topological polar surface area (TPSA) is 59.5 Å². The van der Waals surface area contributed by atoms with E-state index in [4.69, 9.17) is 8.94 Å². The first-order valence-electron chi connectivity index (χ1n) is 6.98. The van der Waals surface area contributed by atoms with Crippen molar-refractivity contribution in [3.63, 3.8) is 0 Å². The fourth-order valence-corrected chi connectivity index (χ4v) is 2.59. The zero-order valence-electron chi connectivity index (χ0n) is 11.7. The fourth-order valence-electron chi connectivity index (χ4n) is 2.59. The van der Waals surface area contributed by atoms with Crippen LogP contribution in [-0.2, 0) is 0 Å². The number of hydrogen-bond donors (Lipinski definition) is 0. The van der Waals surface area contributed by atoms with E-state index in [9.17, 15) is 4.79 Å². The molecule has 0 N–H and O–H groups in total. The van der Waals surface area contributed by atoms with Crippen LogP contribution in [0.2, 0.25) is 0 Å². The van der Waals surface area contributed by atoms with Crippen LogP contribution in [0.3, 0.4) is 0 Å². The van der Waals surface area contributed by atoms with Gasteiger partial charge in [0.25, 0.3) is 5.91 Å². The molecule has 1 fully saturated rings. The highest BCUT2D eigenvalue weighted by atomic mass is 16.5. The molecule has 106 valence electrons. The summed E-state index contributed by atoms with van der Waals surface area (Å²) < 4.78 is 10.6. The number of rotatable bonds is 3. The second-order valence-corrected chi connectivity index (χ2v) is 5.44. The van der Waals surface area contributed by atoms with Crippen LogP contribution in [0.4, 0.5) is 0 Å². The Morgan fingerprint density at radius 3 is 3.00 bits per heavy atom. The van der Waals surface area contributed by atoms with Gasteiger partial charge in [0.1, 0.15) is 5.76 Å². The molecular weight excluding hydrogens is 256 g/mol. The van der Waals surface area contributed by atoms with Crippen molar-refractivity contribution in [2.75, 3.05) is 6.54 Å². The summed E-state index contributed by atoms with van der Waals surface area (Å²) in [5.74, 6) is 1.29. The Kier molecular flexibility index (Phi) is 3.34. The van der Waals surface area contributed by atoms with E-state index in [-0.39, 0.29) is 17.9 Å². The van der Waals surface area contributed by atoms with Crippen LogP contribution in [0.25, 0.3) is 0 Å². The Bertz CT molecular complexity index is 586. The summed E-state index contributed by atoms with van der Waals surface area (Å²) in [4.78, 5) is 14.3. The standard InChI is InChI=1S/C15H18N2O3/c1-10(2)11-9-14(20-16-11)15(18)17-7-3-5-12(17)13-6-4-8-19-13/h4,6,8-10,12H,3,5,7H2,1-2H3/t12-/m0/s1. The summed E-state index contributed by atoms with van der Waals surface area (Å²) in [6, 6.07) is 5.51. The minimum atomic E-state index is -0.108. The van der Waals surface area contributed by atoms with Crippen LogP contribution in [0.15, 0.2) is 33.4 Å². The van der Waals surface area contributed by atoms with E-state index in [0.717, 1.165) is 30.8 Å². The van der Waals surface area contributed by atoms with Gasteiger partial charge in [0.15, 0.2) is 0 Å². The quantitative estimate of drug-likeness (QED) is 0.861. The molecule has 0 aliphatic carbocycles. The van der Waals surface area contributed by atoms with Crippen molar-refractivity contribution in [1.82, 2.24) is 10.1 Å². The predicted octanol–water partition coefficient (Wildman–Crippen LogP) is 3.37. The molecule has 1 atom stereocenters. The first-order chi connectivity index (χ1) is 9.66. The predicted molar refractivity (Wildman–Crippen MR) is 72.3 cm³/mol. The summed E-state index contributed by atoms with van der Waals surface area (Å²) >= 11 is 0. The average Bonchev–Trinajstić information content (AvgIpc) is 3.17. The number of furan rings is 1. The molecule has 2 aromatic heterocycles. The second-order valence-electron chi connectivity index (χ2n) is 5.44. The molecule has 1 amide bonds. The molecule has 20 heavy (non-hydrogen) atoms. The lowest BCUT2D eigenvalue weighted by molar-refractivity contribution is 0.0677. The van der Waals surface area contributed by atoms with E-state index in [0.29, 0.717) is 5.76 Å². The Hall–Kier alpha value is -2.04. The molecule has 5 heteroatoms. The molecule has 0 unspecified atom stereocenters. The van der Waals surface area contributed by atoms with Crippen LogP contribution < -0.4 is 0 Å². The highest BCUT2D eigenvalue weighted by Gasteiger charge is 2.34. The largest absolute Gasteiger partial charge is 0.467 e. The lowest BCUT2D eigenvalue weighted by Gasteiger charge is -2.21. The van der Waals surface area contributed by atoms with E-state index < -0.39 is 0 Å². The van der Waals surface area contributed by atoms with Crippen molar-refractivity contribution in [3.05, 3.63) is 41.7 Å². The van der Waals surface area contributed by atoms with Gasteiger partial charge in [-0.25, -0.2) is 0 Å². The number of nitrogens with zero attached hydrogens (tertiary/aromatic N) is 2. The van der Waals surface area contributed by atoms with Crippen molar-refractivity contribution in [3.8, 4) is 0 Å². The molecule has 0 bridgehead atoms. The van der Waals surface area contributed by atoms with Crippen LogP contribution >= 0.6 is 0 Å². The van der Waals surface area contributed by atoms with Crippen LogP contribution in [0, 0.1) is 0 Å². The molecule has 0 radical (unpaired) electrons. The molecular formula is C15H18N2O3. The smallest absolute Gasteiger partial charge is 0.293 e. The van der Waals surface area contributed by atoms with Gasteiger partial charge in [-0.1, -0.05) is 19.0 Å². The van der Waals surface area contributed by atoms with Crippen LogP contribution in [0.5, 0.6) is 0 Å². The molecule has 3 heterocycles. The van der Waals surface area contributed by atoms with Crippen molar-refractivity contribution in [2.24, 2.45) is 0 Å². The number of carbonyl (C=O) groups is 1. The highest BCUT2D eigenvalue weighted by Crippen LogP contribution is 2.33. The molecule has 1 aliphatic heterocycles. The highest BCUT2D eigenvalue weighted by molar-refractivity contribution is 5.92. The van der Waals surface area contributed by atoms with Gasteiger partial charge in [-0.05, 0) is 30.9 Å². The Labute approximate surface area is 117 Å².